The largest absolute Gasteiger partial charge is 0.341 e. The Bertz CT molecular complexity index is 972. The third-order valence-corrected chi connectivity index (χ3v) is 6.65. The van der Waals surface area contributed by atoms with Gasteiger partial charge in [-0.15, -0.1) is 22.7 Å². The molecule has 0 aliphatic heterocycles. The van der Waals surface area contributed by atoms with Crippen LogP contribution in [0.4, 0.5) is 0 Å². The maximum absolute atomic E-state index is 12.4. The Morgan fingerprint density at radius 3 is 3.08 bits per heavy atom. The summed E-state index contributed by atoms with van der Waals surface area (Å²) in [5.41, 5.74) is 1.13. The molecule has 130 valence electrons. The SMILES string of the molecule is CN(Cc1cccs1)C(=O)CCc1nc2sc3c(c2c(=O)[nH]1)CCC3. The van der Waals surface area contributed by atoms with E-state index in [-0.39, 0.29) is 11.5 Å². The van der Waals surface area contributed by atoms with Crippen molar-refractivity contribution in [3.63, 3.8) is 0 Å². The molecule has 3 heterocycles. The van der Waals surface area contributed by atoms with Crippen LogP contribution in [0, 0.1) is 0 Å². The number of hydrogen-bond donors (Lipinski definition) is 1. The van der Waals surface area contributed by atoms with E-state index in [0.29, 0.717) is 25.2 Å². The number of carbonyl (C=O) groups is 1. The van der Waals surface area contributed by atoms with Gasteiger partial charge in [0, 0.05) is 29.6 Å². The summed E-state index contributed by atoms with van der Waals surface area (Å²) in [6.45, 7) is 0.622. The molecular formula is C18H19N3O2S2. The summed E-state index contributed by atoms with van der Waals surface area (Å²) in [6.07, 6.45) is 3.97. The number of aromatic nitrogens is 2. The van der Waals surface area contributed by atoms with Crippen molar-refractivity contribution in [1.29, 1.82) is 0 Å². The first kappa shape index (κ1) is 16.5. The Labute approximate surface area is 153 Å². The maximum atomic E-state index is 12.4. The van der Waals surface area contributed by atoms with Crippen molar-refractivity contribution in [2.75, 3.05) is 7.05 Å². The number of aromatic amines is 1. The summed E-state index contributed by atoms with van der Waals surface area (Å²) >= 11 is 3.28. The van der Waals surface area contributed by atoms with E-state index in [9.17, 15) is 9.59 Å². The standard InChI is InChI=1S/C18H19N3O2S2/c1-21(10-11-4-3-9-24-11)15(22)8-7-14-19-17(23)16-12-5-2-6-13(12)25-18(16)20-14/h3-4,9H,2,5-8,10H2,1H3,(H,19,20,23). The summed E-state index contributed by atoms with van der Waals surface area (Å²) in [5.74, 6) is 0.667. The van der Waals surface area contributed by atoms with E-state index in [1.54, 1.807) is 27.6 Å². The number of aryl methyl sites for hydroxylation is 3. The topological polar surface area (TPSA) is 66.1 Å². The first-order chi connectivity index (χ1) is 12.1. The van der Waals surface area contributed by atoms with Gasteiger partial charge in [-0.3, -0.25) is 9.59 Å². The summed E-state index contributed by atoms with van der Waals surface area (Å²) in [5, 5.41) is 2.78. The smallest absolute Gasteiger partial charge is 0.259 e. The molecular weight excluding hydrogens is 354 g/mol. The molecule has 1 N–H and O–H groups in total. The summed E-state index contributed by atoms with van der Waals surface area (Å²) in [6, 6.07) is 4.01. The minimum atomic E-state index is -0.0567. The third kappa shape index (κ3) is 3.26. The minimum absolute atomic E-state index is 0.0567. The molecule has 25 heavy (non-hydrogen) atoms. The molecule has 0 atom stereocenters. The van der Waals surface area contributed by atoms with Crippen molar-refractivity contribution in [3.8, 4) is 0 Å². The molecule has 1 aliphatic carbocycles. The van der Waals surface area contributed by atoms with Gasteiger partial charge in [0.25, 0.3) is 5.56 Å². The lowest BCUT2D eigenvalue weighted by molar-refractivity contribution is -0.130. The highest BCUT2D eigenvalue weighted by Crippen LogP contribution is 2.34. The minimum Gasteiger partial charge on any atom is -0.341 e. The molecule has 0 fully saturated rings. The molecule has 4 rings (SSSR count). The second-order valence-electron chi connectivity index (χ2n) is 6.38. The molecule has 1 aliphatic rings. The van der Waals surface area contributed by atoms with Crippen LogP contribution in [0.5, 0.6) is 0 Å². The number of H-pyrrole nitrogens is 1. The predicted molar refractivity (Wildman–Crippen MR) is 101 cm³/mol. The number of fused-ring (bicyclic) bond motifs is 3. The summed E-state index contributed by atoms with van der Waals surface area (Å²) in [7, 11) is 1.81. The number of nitrogens with zero attached hydrogens (tertiary/aromatic N) is 2. The fraction of sp³-hybridized carbons (Fsp3) is 0.389. The van der Waals surface area contributed by atoms with Gasteiger partial charge in [0.15, 0.2) is 0 Å². The molecule has 0 aromatic carbocycles. The number of carbonyl (C=O) groups excluding carboxylic acids is 1. The molecule has 7 heteroatoms. The van der Waals surface area contributed by atoms with Gasteiger partial charge in [0.05, 0.1) is 11.9 Å². The molecule has 0 unspecified atom stereocenters. The van der Waals surface area contributed by atoms with Crippen LogP contribution >= 0.6 is 22.7 Å². The second-order valence-corrected chi connectivity index (χ2v) is 8.50. The van der Waals surface area contributed by atoms with Gasteiger partial charge in [-0.1, -0.05) is 6.07 Å². The lowest BCUT2D eigenvalue weighted by atomic mass is 10.2. The Hall–Kier alpha value is -1.99. The zero-order chi connectivity index (χ0) is 17.4. The van der Waals surface area contributed by atoms with Crippen LogP contribution in [0.15, 0.2) is 22.3 Å². The molecule has 0 bridgehead atoms. The van der Waals surface area contributed by atoms with Gasteiger partial charge >= 0.3 is 0 Å². The fourth-order valence-corrected chi connectivity index (χ4v) is 5.34. The maximum Gasteiger partial charge on any atom is 0.259 e. The van der Waals surface area contributed by atoms with Crippen molar-refractivity contribution >= 4 is 38.8 Å². The van der Waals surface area contributed by atoms with Crippen LogP contribution in [0.1, 0.15) is 34.0 Å². The first-order valence-electron chi connectivity index (χ1n) is 8.41. The monoisotopic (exact) mass is 373 g/mol. The zero-order valence-electron chi connectivity index (χ0n) is 14.0. The molecule has 1 amide bonds. The van der Waals surface area contributed by atoms with Gasteiger partial charge in [-0.05, 0) is 36.3 Å². The lowest BCUT2D eigenvalue weighted by Crippen LogP contribution is -2.26. The van der Waals surface area contributed by atoms with Gasteiger partial charge in [0.1, 0.15) is 10.7 Å². The number of hydrogen-bond acceptors (Lipinski definition) is 5. The van der Waals surface area contributed by atoms with Crippen LogP contribution in [-0.4, -0.2) is 27.8 Å². The van der Waals surface area contributed by atoms with Crippen molar-refractivity contribution in [2.45, 2.75) is 38.6 Å². The average molecular weight is 374 g/mol. The van der Waals surface area contributed by atoms with Crippen molar-refractivity contribution < 1.29 is 4.79 Å². The lowest BCUT2D eigenvalue weighted by Gasteiger charge is -2.15. The summed E-state index contributed by atoms with van der Waals surface area (Å²) in [4.78, 5) is 37.2. The molecule has 3 aromatic rings. The Morgan fingerprint density at radius 1 is 1.40 bits per heavy atom. The molecule has 0 radical (unpaired) electrons. The number of thiophene rings is 2. The third-order valence-electron chi connectivity index (χ3n) is 4.60. The van der Waals surface area contributed by atoms with E-state index in [4.69, 9.17) is 0 Å². The van der Waals surface area contributed by atoms with E-state index in [1.165, 1.54) is 10.4 Å². The van der Waals surface area contributed by atoms with Crippen LogP contribution in [0.2, 0.25) is 0 Å². The Balaban J connectivity index is 1.46. The molecule has 5 nitrogen and oxygen atoms in total. The van der Waals surface area contributed by atoms with Crippen LogP contribution in [0.25, 0.3) is 10.2 Å². The van der Waals surface area contributed by atoms with Gasteiger partial charge in [0.2, 0.25) is 5.91 Å². The van der Waals surface area contributed by atoms with E-state index < -0.39 is 0 Å². The molecule has 0 saturated carbocycles. The summed E-state index contributed by atoms with van der Waals surface area (Å²) < 4.78 is 0. The molecule has 3 aromatic heterocycles. The Morgan fingerprint density at radius 2 is 2.28 bits per heavy atom. The van der Waals surface area contributed by atoms with Gasteiger partial charge in [-0.25, -0.2) is 4.98 Å². The highest BCUT2D eigenvalue weighted by Gasteiger charge is 2.21. The van der Waals surface area contributed by atoms with Gasteiger partial charge in [-0.2, -0.15) is 0 Å². The first-order valence-corrected chi connectivity index (χ1v) is 10.1. The second kappa shape index (κ2) is 6.72. The fourth-order valence-electron chi connectivity index (χ4n) is 3.31. The van der Waals surface area contributed by atoms with Crippen LogP contribution < -0.4 is 5.56 Å². The van der Waals surface area contributed by atoms with Crippen molar-refractivity contribution in [1.82, 2.24) is 14.9 Å². The number of rotatable bonds is 5. The predicted octanol–water partition coefficient (Wildman–Crippen LogP) is 3.13. The van der Waals surface area contributed by atoms with Gasteiger partial charge < -0.3 is 9.88 Å². The van der Waals surface area contributed by atoms with Crippen LogP contribution in [-0.2, 0) is 30.6 Å². The molecule has 0 spiro atoms. The number of nitrogens with one attached hydrogen (secondary N) is 1. The van der Waals surface area contributed by atoms with Crippen molar-refractivity contribution in [2.24, 2.45) is 0 Å². The normalized spacial score (nSPS) is 13.3. The van der Waals surface area contributed by atoms with Crippen LogP contribution in [0.3, 0.4) is 0 Å². The quantitative estimate of drug-likeness (QED) is 0.747. The van der Waals surface area contributed by atoms with E-state index in [1.807, 2.05) is 24.6 Å². The van der Waals surface area contributed by atoms with Crippen molar-refractivity contribution in [3.05, 3.63) is 49.0 Å². The van der Waals surface area contributed by atoms with E-state index in [0.717, 1.165) is 34.4 Å². The molecule has 0 saturated heterocycles. The highest BCUT2D eigenvalue weighted by atomic mass is 32.1. The Kier molecular flexibility index (Phi) is 4.43. The van der Waals surface area contributed by atoms with E-state index >= 15 is 0 Å². The number of amides is 1. The van der Waals surface area contributed by atoms with E-state index in [2.05, 4.69) is 9.97 Å². The zero-order valence-corrected chi connectivity index (χ0v) is 15.6. The average Bonchev–Trinajstić information content (AvgIpc) is 3.29. The highest BCUT2D eigenvalue weighted by molar-refractivity contribution is 7.18.